The highest BCUT2D eigenvalue weighted by Crippen LogP contribution is 2.29. The average Bonchev–Trinajstić information content (AvgIpc) is 2.64. The van der Waals surface area contributed by atoms with E-state index in [1.165, 1.54) is 0 Å². The topological polar surface area (TPSA) is 50.6 Å². The predicted molar refractivity (Wildman–Crippen MR) is 104 cm³/mol. The first-order valence-corrected chi connectivity index (χ1v) is 9.12. The minimum atomic E-state index is 0.0419. The number of hydrogen-bond donors (Lipinski definition) is 0. The van der Waals surface area contributed by atoms with E-state index < -0.39 is 0 Å². The van der Waals surface area contributed by atoms with Gasteiger partial charge in [-0.2, -0.15) is 0 Å². The van der Waals surface area contributed by atoms with Crippen molar-refractivity contribution >= 4 is 11.6 Å². The second-order valence-corrected chi connectivity index (χ2v) is 7.34. The van der Waals surface area contributed by atoms with Crippen LogP contribution in [0.5, 0.6) is 5.75 Å². The molecule has 140 valence electrons. The molecule has 1 aliphatic rings. The molecule has 0 radical (unpaired) electrons. The third kappa shape index (κ3) is 3.60. The van der Waals surface area contributed by atoms with Crippen LogP contribution in [0.2, 0.25) is 0 Å². The smallest absolute Gasteiger partial charge is 0.259 e. The summed E-state index contributed by atoms with van der Waals surface area (Å²) in [5, 5.41) is 0. The molecule has 2 heterocycles. The van der Waals surface area contributed by atoms with E-state index in [1.807, 2.05) is 38.1 Å². The van der Waals surface area contributed by atoms with E-state index in [0.717, 1.165) is 30.1 Å². The molecule has 0 spiro atoms. The van der Waals surface area contributed by atoms with Gasteiger partial charge >= 0.3 is 0 Å². The third-order valence-corrected chi connectivity index (χ3v) is 4.95. The van der Waals surface area contributed by atoms with E-state index in [1.54, 1.807) is 11.7 Å². The molecule has 26 heavy (non-hydrogen) atoms. The van der Waals surface area contributed by atoms with Gasteiger partial charge in [0.1, 0.15) is 5.75 Å². The molecule has 0 aliphatic carbocycles. The van der Waals surface area contributed by atoms with Crippen LogP contribution in [0.1, 0.15) is 31.5 Å². The Morgan fingerprint density at radius 3 is 2.46 bits per heavy atom. The lowest BCUT2D eigenvalue weighted by molar-refractivity contribution is 0.188. The molecule has 1 aliphatic heterocycles. The van der Waals surface area contributed by atoms with Gasteiger partial charge in [-0.1, -0.05) is 13.8 Å². The zero-order chi connectivity index (χ0) is 18.8. The number of fused-ring (bicyclic) bond motifs is 1. The predicted octanol–water partition coefficient (Wildman–Crippen LogP) is 3.28. The lowest BCUT2D eigenvalue weighted by atomic mass is 10.1. The minimum absolute atomic E-state index is 0.0419. The van der Waals surface area contributed by atoms with E-state index in [2.05, 4.69) is 23.6 Å². The summed E-state index contributed by atoms with van der Waals surface area (Å²) < 4.78 is 7.05. The number of hydrogen-bond acceptors (Lipinski definition) is 5. The Balaban J connectivity index is 2.03. The van der Waals surface area contributed by atoms with Crippen molar-refractivity contribution in [3.63, 3.8) is 0 Å². The van der Waals surface area contributed by atoms with Crippen LogP contribution in [0.4, 0.5) is 11.6 Å². The van der Waals surface area contributed by atoms with Crippen molar-refractivity contribution in [1.29, 1.82) is 0 Å². The standard InChI is InChI=1S/C20H28N4O2/c1-14(2)10-11-22-12-23(17-6-8-18(26-5)9-7-17)20-21-16(4)15(3)19(25)24(20)13-22/h6-9,14H,10-13H2,1-5H3. The zero-order valence-corrected chi connectivity index (χ0v) is 16.3. The Labute approximate surface area is 155 Å². The largest absolute Gasteiger partial charge is 0.497 e. The molecule has 0 fully saturated rings. The third-order valence-electron chi connectivity index (χ3n) is 4.95. The van der Waals surface area contributed by atoms with Crippen LogP contribution in [-0.4, -0.2) is 34.8 Å². The molecule has 3 rings (SSSR count). The van der Waals surface area contributed by atoms with Gasteiger partial charge in [-0.05, 0) is 50.5 Å². The van der Waals surface area contributed by atoms with Gasteiger partial charge in [-0.15, -0.1) is 0 Å². The molecule has 0 bridgehead atoms. The van der Waals surface area contributed by atoms with Gasteiger partial charge < -0.3 is 4.74 Å². The molecule has 0 saturated heterocycles. The van der Waals surface area contributed by atoms with Crippen molar-refractivity contribution in [2.75, 3.05) is 25.2 Å². The van der Waals surface area contributed by atoms with Crippen LogP contribution >= 0.6 is 0 Å². The molecular weight excluding hydrogens is 328 g/mol. The highest BCUT2D eigenvalue weighted by atomic mass is 16.5. The first-order valence-electron chi connectivity index (χ1n) is 9.12. The van der Waals surface area contributed by atoms with Crippen molar-refractivity contribution in [3.05, 3.63) is 45.9 Å². The van der Waals surface area contributed by atoms with Crippen molar-refractivity contribution in [2.45, 2.75) is 40.8 Å². The number of ether oxygens (including phenoxy) is 1. The summed E-state index contributed by atoms with van der Waals surface area (Å²) in [6.45, 7) is 10.4. The minimum Gasteiger partial charge on any atom is -0.497 e. The first kappa shape index (κ1) is 18.5. The summed E-state index contributed by atoms with van der Waals surface area (Å²) in [5.74, 6) is 2.15. The fourth-order valence-electron chi connectivity index (χ4n) is 3.13. The molecule has 0 unspecified atom stereocenters. The molecule has 0 N–H and O–H groups in total. The number of aryl methyl sites for hydroxylation is 1. The van der Waals surface area contributed by atoms with Crippen molar-refractivity contribution < 1.29 is 4.74 Å². The monoisotopic (exact) mass is 356 g/mol. The SMILES string of the molecule is COc1ccc(N2CN(CCC(C)C)Cn3c2nc(C)c(C)c3=O)cc1. The molecule has 2 aromatic rings. The van der Waals surface area contributed by atoms with Gasteiger partial charge in [0.2, 0.25) is 5.95 Å². The summed E-state index contributed by atoms with van der Waals surface area (Å²) in [6.07, 6.45) is 1.10. The molecule has 0 atom stereocenters. The fraction of sp³-hybridized carbons (Fsp3) is 0.500. The van der Waals surface area contributed by atoms with Crippen LogP contribution in [0.15, 0.2) is 29.1 Å². The Bertz CT molecular complexity index is 827. The summed E-state index contributed by atoms with van der Waals surface area (Å²) in [5.41, 5.74) is 2.55. The number of nitrogens with zero attached hydrogens (tertiary/aromatic N) is 4. The Morgan fingerprint density at radius 2 is 1.85 bits per heavy atom. The van der Waals surface area contributed by atoms with Crippen molar-refractivity contribution in [3.8, 4) is 5.75 Å². The van der Waals surface area contributed by atoms with Crippen molar-refractivity contribution in [2.24, 2.45) is 5.92 Å². The number of aromatic nitrogens is 2. The van der Waals surface area contributed by atoms with Gasteiger partial charge in [0, 0.05) is 23.5 Å². The molecular formula is C20H28N4O2. The summed E-state index contributed by atoms with van der Waals surface area (Å²) in [6, 6.07) is 7.89. The molecule has 1 aromatic carbocycles. The van der Waals surface area contributed by atoms with Gasteiger partial charge in [-0.3, -0.25) is 19.2 Å². The fourth-order valence-corrected chi connectivity index (χ4v) is 3.13. The molecule has 0 saturated carbocycles. The van der Waals surface area contributed by atoms with Crippen LogP contribution in [-0.2, 0) is 6.67 Å². The molecule has 1 aromatic heterocycles. The van der Waals surface area contributed by atoms with E-state index in [0.29, 0.717) is 30.8 Å². The number of benzene rings is 1. The molecule has 0 amide bonds. The Morgan fingerprint density at radius 1 is 1.15 bits per heavy atom. The van der Waals surface area contributed by atoms with Crippen LogP contribution < -0.4 is 15.2 Å². The van der Waals surface area contributed by atoms with E-state index >= 15 is 0 Å². The highest BCUT2D eigenvalue weighted by molar-refractivity contribution is 5.59. The van der Waals surface area contributed by atoms with Gasteiger partial charge in [0.25, 0.3) is 5.56 Å². The second kappa shape index (κ2) is 7.50. The number of methoxy groups -OCH3 is 1. The zero-order valence-electron chi connectivity index (χ0n) is 16.3. The summed E-state index contributed by atoms with van der Waals surface area (Å²) >= 11 is 0. The maximum Gasteiger partial charge on any atom is 0.259 e. The van der Waals surface area contributed by atoms with Crippen LogP contribution in [0.3, 0.4) is 0 Å². The van der Waals surface area contributed by atoms with E-state index in [9.17, 15) is 4.79 Å². The average molecular weight is 356 g/mol. The molecule has 6 nitrogen and oxygen atoms in total. The summed E-state index contributed by atoms with van der Waals surface area (Å²) in [4.78, 5) is 22.0. The van der Waals surface area contributed by atoms with Crippen molar-refractivity contribution in [1.82, 2.24) is 14.5 Å². The van der Waals surface area contributed by atoms with Gasteiger partial charge in [0.15, 0.2) is 0 Å². The van der Waals surface area contributed by atoms with Crippen LogP contribution in [0, 0.1) is 19.8 Å². The maximum absolute atomic E-state index is 12.8. The second-order valence-electron chi connectivity index (χ2n) is 7.34. The van der Waals surface area contributed by atoms with E-state index in [4.69, 9.17) is 9.72 Å². The number of rotatable bonds is 5. The summed E-state index contributed by atoms with van der Waals surface area (Å²) in [7, 11) is 1.66. The van der Waals surface area contributed by atoms with Crippen LogP contribution in [0.25, 0.3) is 0 Å². The number of anilines is 2. The lowest BCUT2D eigenvalue weighted by Gasteiger charge is -2.38. The quantitative estimate of drug-likeness (QED) is 0.823. The highest BCUT2D eigenvalue weighted by Gasteiger charge is 2.27. The van der Waals surface area contributed by atoms with Gasteiger partial charge in [0.05, 0.1) is 20.4 Å². The van der Waals surface area contributed by atoms with E-state index in [-0.39, 0.29) is 5.56 Å². The first-order chi connectivity index (χ1) is 12.4. The Kier molecular flexibility index (Phi) is 5.32. The van der Waals surface area contributed by atoms with Gasteiger partial charge in [-0.25, -0.2) is 4.98 Å². The molecule has 6 heteroatoms. The Hall–Kier alpha value is -2.34. The normalized spacial score (nSPS) is 14.6. The lowest BCUT2D eigenvalue weighted by Crippen LogP contribution is -2.48. The maximum atomic E-state index is 12.8.